The van der Waals surface area contributed by atoms with Gasteiger partial charge < -0.3 is 5.32 Å². The molecule has 128 valence electrons. The summed E-state index contributed by atoms with van der Waals surface area (Å²) in [7, 11) is 0. The number of aryl methyl sites for hydroxylation is 2. The molecule has 0 radical (unpaired) electrons. The predicted octanol–water partition coefficient (Wildman–Crippen LogP) is 4.28. The van der Waals surface area contributed by atoms with E-state index in [2.05, 4.69) is 10.4 Å². The SMILES string of the molecule is CCn1nc(C(=O)Nc2ccc(Cl)cc2C)c(=O)c2cc(Cl)ccc21. The second-order valence-electron chi connectivity index (χ2n) is 5.57. The van der Waals surface area contributed by atoms with Gasteiger partial charge in [0, 0.05) is 22.3 Å². The Bertz CT molecular complexity index is 1040. The molecule has 0 aliphatic rings. The van der Waals surface area contributed by atoms with E-state index < -0.39 is 11.3 Å². The van der Waals surface area contributed by atoms with Gasteiger partial charge in [-0.1, -0.05) is 23.2 Å². The molecule has 0 fully saturated rings. The van der Waals surface area contributed by atoms with E-state index in [9.17, 15) is 9.59 Å². The first kappa shape index (κ1) is 17.5. The number of anilines is 1. The Morgan fingerprint density at radius 1 is 1.16 bits per heavy atom. The Kier molecular flexibility index (Phi) is 4.79. The van der Waals surface area contributed by atoms with Crippen molar-refractivity contribution in [3.63, 3.8) is 0 Å². The molecule has 1 heterocycles. The van der Waals surface area contributed by atoms with Gasteiger partial charge in [-0.3, -0.25) is 14.3 Å². The van der Waals surface area contributed by atoms with Gasteiger partial charge in [-0.25, -0.2) is 0 Å². The van der Waals surface area contributed by atoms with Crippen molar-refractivity contribution in [3.05, 3.63) is 67.9 Å². The fraction of sp³-hybridized carbons (Fsp3) is 0.167. The fourth-order valence-corrected chi connectivity index (χ4v) is 3.00. The molecule has 0 saturated heterocycles. The average molecular weight is 376 g/mol. The quantitative estimate of drug-likeness (QED) is 0.742. The van der Waals surface area contributed by atoms with Gasteiger partial charge in [-0.2, -0.15) is 5.10 Å². The molecule has 2 aromatic carbocycles. The van der Waals surface area contributed by atoms with Crippen LogP contribution in [0.2, 0.25) is 10.0 Å². The lowest BCUT2D eigenvalue weighted by Gasteiger charge is -2.12. The second kappa shape index (κ2) is 6.86. The third kappa shape index (κ3) is 3.38. The van der Waals surface area contributed by atoms with Gasteiger partial charge in [0.05, 0.1) is 10.9 Å². The number of halogens is 2. The topological polar surface area (TPSA) is 64.0 Å². The van der Waals surface area contributed by atoms with Gasteiger partial charge in [0.2, 0.25) is 5.43 Å². The van der Waals surface area contributed by atoms with E-state index in [1.807, 2.05) is 13.8 Å². The molecule has 3 rings (SSSR count). The molecular formula is C18H15Cl2N3O2. The van der Waals surface area contributed by atoms with Crippen LogP contribution in [0.4, 0.5) is 5.69 Å². The lowest BCUT2D eigenvalue weighted by atomic mass is 10.1. The zero-order valence-corrected chi connectivity index (χ0v) is 15.1. The largest absolute Gasteiger partial charge is 0.320 e. The Labute approximate surface area is 154 Å². The molecule has 1 N–H and O–H groups in total. The maximum atomic E-state index is 12.7. The molecule has 1 aromatic heterocycles. The van der Waals surface area contributed by atoms with Crippen molar-refractivity contribution >= 4 is 45.7 Å². The minimum atomic E-state index is -0.570. The summed E-state index contributed by atoms with van der Waals surface area (Å²) in [5, 5.41) is 8.30. The molecule has 0 aliphatic carbocycles. The van der Waals surface area contributed by atoms with Gasteiger partial charge in [-0.05, 0) is 55.8 Å². The van der Waals surface area contributed by atoms with Crippen LogP contribution in [0.3, 0.4) is 0 Å². The van der Waals surface area contributed by atoms with Crippen LogP contribution >= 0.6 is 23.2 Å². The summed E-state index contributed by atoms with van der Waals surface area (Å²) in [6, 6.07) is 10.1. The first-order chi connectivity index (χ1) is 11.9. The highest BCUT2D eigenvalue weighted by molar-refractivity contribution is 6.31. The number of fused-ring (bicyclic) bond motifs is 1. The molecule has 0 atom stereocenters. The Morgan fingerprint density at radius 3 is 2.52 bits per heavy atom. The highest BCUT2D eigenvalue weighted by Gasteiger charge is 2.18. The van der Waals surface area contributed by atoms with Crippen LogP contribution in [0.5, 0.6) is 0 Å². The number of hydrogen-bond acceptors (Lipinski definition) is 3. The van der Waals surface area contributed by atoms with Gasteiger partial charge in [0.25, 0.3) is 5.91 Å². The minimum Gasteiger partial charge on any atom is -0.320 e. The van der Waals surface area contributed by atoms with Crippen molar-refractivity contribution in [1.82, 2.24) is 9.78 Å². The van der Waals surface area contributed by atoms with Gasteiger partial charge in [0.1, 0.15) is 0 Å². The van der Waals surface area contributed by atoms with Crippen LogP contribution in [0.1, 0.15) is 23.0 Å². The number of aromatic nitrogens is 2. The number of benzene rings is 2. The van der Waals surface area contributed by atoms with Crippen LogP contribution in [-0.2, 0) is 6.54 Å². The molecule has 1 amide bonds. The van der Waals surface area contributed by atoms with E-state index in [-0.39, 0.29) is 5.69 Å². The van der Waals surface area contributed by atoms with Crippen molar-refractivity contribution in [2.45, 2.75) is 20.4 Å². The zero-order chi connectivity index (χ0) is 18.1. The summed E-state index contributed by atoms with van der Waals surface area (Å²) in [5.74, 6) is -0.570. The summed E-state index contributed by atoms with van der Waals surface area (Å²) < 4.78 is 1.61. The van der Waals surface area contributed by atoms with Crippen molar-refractivity contribution < 1.29 is 4.79 Å². The van der Waals surface area contributed by atoms with Gasteiger partial charge in [-0.15, -0.1) is 0 Å². The lowest BCUT2D eigenvalue weighted by Crippen LogP contribution is -2.27. The Balaban J connectivity index is 2.10. The highest BCUT2D eigenvalue weighted by Crippen LogP contribution is 2.20. The van der Waals surface area contributed by atoms with Crippen molar-refractivity contribution in [2.24, 2.45) is 0 Å². The van der Waals surface area contributed by atoms with Crippen LogP contribution in [0.15, 0.2) is 41.2 Å². The second-order valence-corrected chi connectivity index (χ2v) is 6.44. The Morgan fingerprint density at radius 2 is 1.84 bits per heavy atom. The summed E-state index contributed by atoms with van der Waals surface area (Å²) >= 11 is 11.9. The lowest BCUT2D eigenvalue weighted by molar-refractivity contribution is 0.101. The molecular weight excluding hydrogens is 361 g/mol. The first-order valence-electron chi connectivity index (χ1n) is 7.68. The van der Waals surface area contributed by atoms with E-state index in [1.54, 1.807) is 41.1 Å². The predicted molar refractivity (Wildman–Crippen MR) is 101 cm³/mol. The molecule has 3 aromatic rings. The Hall–Kier alpha value is -2.37. The first-order valence-corrected chi connectivity index (χ1v) is 8.44. The molecule has 0 unspecified atom stereocenters. The molecule has 0 saturated carbocycles. The van der Waals surface area contributed by atoms with E-state index in [0.717, 1.165) is 5.56 Å². The smallest absolute Gasteiger partial charge is 0.280 e. The number of hydrogen-bond donors (Lipinski definition) is 1. The summed E-state index contributed by atoms with van der Waals surface area (Å²) in [6.45, 7) is 4.22. The standard InChI is InChI=1S/C18H15Cl2N3O2/c1-3-23-15-7-5-12(20)9-13(15)17(24)16(22-23)18(25)21-14-6-4-11(19)8-10(14)2/h4-9H,3H2,1-2H3,(H,21,25). The highest BCUT2D eigenvalue weighted by atomic mass is 35.5. The number of amides is 1. The van der Waals surface area contributed by atoms with Gasteiger partial charge >= 0.3 is 0 Å². The summed E-state index contributed by atoms with van der Waals surface area (Å²) in [4.78, 5) is 25.3. The third-order valence-electron chi connectivity index (χ3n) is 3.87. The van der Waals surface area contributed by atoms with E-state index in [4.69, 9.17) is 23.2 Å². The summed E-state index contributed by atoms with van der Waals surface area (Å²) in [5.41, 5.74) is 1.37. The summed E-state index contributed by atoms with van der Waals surface area (Å²) in [6.07, 6.45) is 0. The van der Waals surface area contributed by atoms with Crippen molar-refractivity contribution in [2.75, 3.05) is 5.32 Å². The fourth-order valence-electron chi connectivity index (χ4n) is 2.60. The van der Waals surface area contributed by atoms with E-state index in [0.29, 0.717) is 33.2 Å². The molecule has 7 heteroatoms. The number of nitrogens with zero attached hydrogens (tertiary/aromatic N) is 2. The maximum absolute atomic E-state index is 12.7. The van der Waals surface area contributed by atoms with Crippen LogP contribution in [0.25, 0.3) is 10.9 Å². The average Bonchev–Trinajstić information content (AvgIpc) is 2.58. The molecule has 0 bridgehead atoms. The van der Waals surface area contributed by atoms with Crippen LogP contribution in [0, 0.1) is 6.92 Å². The van der Waals surface area contributed by atoms with E-state index in [1.165, 1.54) is 0 Å². The third-order valence-corrected chi connectivity index (χ3v) is 4.34. The van der Waals surface area contributed by atoms with Crippen LogP contribution < -0.4 is 10.7 Å². The van der Waals surface area contributed by atoms with Crippen molar-refractivity contribution in [3.8, 4) is 0 Å². The molecule has 25 heavy (non-hydrogen) atoms. The zero-order valence-electron chi connectivity index (χ0n) is 13.6. The molecule has 0 aliphatic heterocycles. The molecule has 5 nitrogen and oxygen atoms in total. The number of rotatable bonds is 3. The molecule has 0 spiro atoms. The number of carbonyl (C=O) groups excluding carboxylic acids is 1. The normalized spacial score (nSPS) is 10.9. The van der Waals surface area contributed by atoms with E-state index >= 15 is 0 Å². The van der Waals surface area contributed by atoms with Crippen LogP contribution in [-0.4, -0.2) is 15.7 Å². The number of carbonyl (C=O) groups is 1. The monoisotopic (exact) mass is 375 g/mol. The van der Waals surface area contributed by atoms with Gasteiger partial charge in [0.15, 0.2) is 5.69 Å². The number of nitrogens with one attached hydrogen (secondary N) is 1. The van der Waals surface area contributed by atoms with Crippen molar-refractivity contribution in [1.29, 1.82) is 0 Å². The minimum absolute atomic E-state index is 0.175. The maximum Gasteiger partial charge on any atom is 0.280 e.